The van der Waals surface area contributed by atoms with Gasteiger partial charge in [0.2, 0.25) is 5.91 Å². The molecule has 3 amide bonds. The van der Waals surface area contributed by atoms with E-state index in [9.17, 15) is 28.0 Å². The highest BCUT2D eigenvalue weighted by Gasteiger charge is 2.44. The van der Waals surface area contributed by atoms with Gasteiger partial charge in [-0.1, -0.05) is 12.1 Å². The van der Waals surface area contributed by atoms with Crippen molar-refractivity contribution in [3.05, 3.63) is 101 Å². The Morgan fingerprint density at radius 1 is 0.889 bits per heavy atom. The zero-order valence-corrected chi connectivity index (χ0v) is 19.3. The lowest BCUT2D eigenvalue weighted by Gasteiger charge is -2.28. The van der Waals surface area contributed by atoms with Gasteiger partial charge in [0, 0.05) is 12.1 Å². The highest BCUT2D eigenvalue weighted by molar-refractivity contribution is 6.23. The molecule has 3 aromatic carbocycles. The molecular weight excluding hydrogens is 470 g/mol. The summed E-state index contributed by atoms with van der Waals surface area (Å²) >= 11 is 0. The lowest BCUT2D eigenvalue weighted by Crippen LogP contribution is -2.45. The number of halogens is 2. The third-order valence-electron chi connectivity index (χ3n) is 5.75. The molecular formula is C27H22F2N2O5. The molecule has 1 heterocycles. The van der Waals surface area contributed by atoms with Gasteiger partial charge in [0.15, 0.2) is 0 Å². The van der Waals surface area contributed by atoms with Gasteiger partial charge >= 0.3 is 5.97 Å². The number of carbonyl (C=O) groups excluding carboxylic acids is 4. The Kier molecular flexibility index (Phi) is 7.19. The maximum absolute atomic E-state index is 13.4. The molecule has 0 saturated carbocycles. The zero-order chi connectivity index (χ0) is 25.8. The molecule has 1 saturated heterocycles. The number of imide groups is 1. The Hall–Kier alpha value is -4.40. The van der Waals surface area contributed by atoms with E-state index in [1.54, 1.807) is 6.92 Å². The fraction of sp³-hybridized carbons (Fsp3) is 0.185. The highest BCUT2D eigenvalue weighted by atomic mass is 19.1. The molecule has 0 N–H and O–H groups in total. The molecule has 0 bridgehead atoms. The van der Waals surface area contributed by atoms with Gasteiger partial charge in [-0.25, -0.2) is 18.5 Å². The van der Waals surface area contributed by atoms with Crippen LogP contribution in [-0.2, 0) is 20.9 Å². The second-order valence-electron chi connectivity index (χ2n) is 8.12. The molecule has 1 fully saturated rings. The van der Waals surface area contributed by atoms with Crippen molar-refractivity contribution in [3.8, 4) is 0 Å². The number of anilines is 1. The maximum Gasteiger partial charge on any atom is 0.338 e. The van der Waals surface area contributed by atoms with Crippen LogP contribution in [-0.4, -0.2) is 41.2 Å². The summed E-state index contributed by atoms with van der Waals surface area (Å²) in [6.45, 7) is 1.81. The number of hydrogen-bond donors (Lipinski definition) is 0. The van der Waals surface area contributed by atoms with E-state index in [4.69, 9.17) is 4.74 Å². The second kappa shape index (κ2) is 10.5. The molecule has 184 valence electrons. The number of amides is 3. The maximum atomic E-state index is 13.4. The van der Waals surface area contributed by atoms with Crippen molar-refractivity contribution in [1.29, 1.82) is 0 Å². The first-order valence-electron chi connectivity index (χ1n) is 11.2. The fourth-order valence-electron chi connectivity index (χ4n) is 3.96. The van der Waals surface area contributed by atoms with Crippen molar-refractivity contribution < 1.29 is 32.7 Å². The molecule has 1 atom stereocenters. The van der Waals surface area contributed by atoms with Gasteiger partial charge in [-0.15, -0.1) is 0 Å². The van der Waals surface area contributed by atoms with Crippen LogP contribution in [0.25, 0.3) is 0 Å². The van der Waals surface area contributed by atoms with Gasteiger partial charge in [-0.05, 0) is 73.2 Å². The standard InChI is InChI=1S/C27H22F2N2O5/c1-2-36-27(35)19-7-13-22(14-8-19)31-24(32)15-23(26(31)34)30(16-17-3-9-20(28)10-4-17)25(33)18-5-11-21(29)12-6-18/h3-14,23H,2,15-16H2,1H3. The Balaban J connectivity index is 1.63. The SMILES string of the molecule is CCOC(=O)c1ccc(N2C(=O)CC(N(Cc3ccc(F)cc3)C(=O)c3ccc(F)cc3)C2=O)cc1. The number of carbonyl (C=O) groups is 4. The first kappa shape index (κ1) is 24.7. The number of nitrogens with zero attached hydrogens (tertiary/aromatic N) is 2. The lowest BCUT2D eigenvalue weighted by molar-refractivity contribution is -0.122. The molecule has 1 aliphatic rings. The van der Waals surface area contributed by atoms with E-state index in [0.717, 1.165) is 17.0 Å². The summed E-state index contributed by atoms with van der Waals surface area (Å²) in [5.41, 5.74) is 1.19. The highest BCUT2D eigenvalue weighted by Crippen LogP contribution is 2.28. The van der Waals surface area contributed by atoms with Crippen LogP contribution in [0, 0.1) is 11.6 Å². The van der Waals surface area contributed by atoms with Crippen molar-refractivity contribution in [2.24, 2.45) is 0 Å². The Morgan fingerprint density at radius 3 is 2.03 bits per heavy atom. The molecule has 0 radical (unpaired) electrons. The summed E-state index contributed by atoms with van der Waals surface area (Å²) < 4.78 is 31.8. The second-order valence-corrected chi connectivity index (χ2v) is 8.12. The number of esters is 1. The third-order valence-corrected chi connectivity index (χ3v) is 5.75. The van der Waals surface area contributed by atoms with Crippen molar-refractivity contribution >= 4 is 29.4 Å². The molecule has 0 spiro atoms. The average molecular weight is 492 g/mol. The van der Waals surface area contributed by atoms with Crippen molar-refractivity contribution in [2.75, 3.05) is 11.5 Å². The normalized spacial score (nSPS) is 15.2. The van der Waals surface area contributed by atoms with Crippen molar-refractivity contribution in [1.82, 2.24) is 4.90 Å². The summed E-state index contributed by atoms with van der Waals surface area (Å²) in [6, 6.07) is 14.9. The lowest BCUT2D eigenvalue weighted by atomic mass is 10.1. The Bertz CT molecular complexity index is 1290. The van der Waals surface area contributed by atoms with E-state index in [0.29, 0.717) is 5.56 Å². The van der Waals surface area contributed by atoms with E-state index in [2.05, 4.69) is 0 Å². The van der Waals surface area contributed by atoms with Crippen LogP contribution in [0.1, 0.15) is 39.6 Å². The van der Waals surface area contributed by atoms with E-state index >= 15 is 0 Å². The van der Waals surface area contributed by atoms with E-state index in [1.807, 2.05) is 0 Å². The van der Waals surface area contributed by atoms with E-state index < -0.39 is 41.4 Å². The Labute approximate surface area is 205 Å². The van der Waals surface area contributed by atoms with Gasteiger partial charge in [0.05, 0.1) is 24.3 Å². The molecule has 0 aliphatic carbocycles. The minimum absolute atomic E-state index is 0.0736. The number of ether oxygens (including phenoxy) is 1. The molecule has 3 aromatic rings. The predicted molar refractivity (Wildman–Crippen MR) is 126 cm³/mol. The molecule has 36 heavy (non-hydrogen) atoms. The third kappa shape index (κ3) is 5.14. The summed E-state index contributed by atoms with van der Waals surface area (Å²) in [5, 5.41) is 0. The number of hydrogen-bond acceptors (Lipinski definition) is 5. The Morgan fingerprint density at radius 2 is 1.44 bits per heavy atom. The molecule has 4 rings (SSSR count). The minimum atomic E-state index is -1.13. The quantitative estimate of drug-likeness (QED) is 0.366. The monoisotopic (exact) mass is 492 g/mol. The molecule has 0 aromatic heterocycles. The van der Waals surface area contributed by atoms with Crippen LogP contribution < -0.4 is 4.90 Å². The average Bonchev–Trinajstić information content (AvgIpc) is 3.17. The van der Waals surface area contributed by atoms with Gasteiger partial charge in [-0.2, -0.15) is 0 Å². The van der Waals surface area contributed by atoms with Crippen LogP contribution in [0.3, 0.4) is 0 Å². The first-order chi connectivity index (χ1) is 17.3. The van der Waals surface area contributed by atoms with Crippen LogP contribution in [0.4, 0.5) is 14.5 Å². The van der Waals surface area contributed by atoms with Crippen LogP contribution in [0.5, 0.6) is 0 Å². The molecule has 1 aliphatic heterocycles. The molecule has 1 unspecified atom stereocenters. The van der Waals surface area contributed by atoms with Crippen LogP contribution >= 0.6 is 0 Å². The van der Waals surface area contributed by atoms with Crippen LogP contribution in [0.15, 0.2) is 72.8 Å². The van der Waals surface area contributed by atoms with Crippen molar-refractivity contribution in [3.63, 3.8) is 0 Å². The largest absolute Gasteiger partial charge is 0.462 e. The van der Waals surface area contributed by atoms with Gasteiger partial charge < -0.3 is 9.64 Å². The first-order valence-corrected chi connectivity index (χ1v) is 11.2. The smallest absolute Gasteiger partial charge is 0.338 e. The van der Waals surface area contributed by atoms with E-state index in [-0.39, 0.29) is 36.4 Å². The fourth-order valence-corrected chi connectivity index (χ4v) is 3.96. The summed E-state index contributed by atoms with van der Waals surface area (Å²) in [5.74, 6) is -3.24. The zero-order valence-electron chi connectivity index (χ0n) is 19.3. The van der Waals surface area contributed by atoms with Gasteiger partial charge in [0.25, 0.3) is 11.8 Å². The summed E-state index contributed by atoms with van der Waals surface area (Å²) in [6.07, 6.45) is -0.271. The summed E-state index contributed by atoms with van der Waals surface area (Å²) in [4.78, 5) is 53.8. The minimum Gasteiger partial charge on any atom is -0.462 e. The van der Waals surface area contributed by atoms with Gasteiger partial charge in [-0.3, -0.25) is 14.4 Å². The number of rotatable bonds is 7. The number of benzene rings is 3. The molecule has 7 nitrogen and oxygen atoms in total. The van der Waals surface area contributed by atoms with Crippen LogP contribution in [0.2, 0.25) is 0 Å². The van der Waals surface area contributed by atoms with Gasteiger partial charge in [0.1, 0.15) is 17.7 Å². The summed E-state index contributed by atoms with van der Waals surface area (Å²) in [7, 11) is 0. The predicted octanol–water partition coefficient (Wildman–Crippen LogP) is 4.12. The van der Waals surface area contributed by atoms with Crippen molar-refractivity contribution in [2.45, 2.75) is 25.9 Å². The topological polar surface area (TPSA) is 84.0 Å². The molecule has 9 heteroatoms. The van der Waals surface area contributed by atoms with E-state index in [1.165, 1.54) is 65.6 Å².